The summed E-state index contributed by atoms with van der Waals surface area (Å²) in [5.41, 5.74) is 3.61. The van der Waals surface area contributed by atoms with Gasteiger partial charge in [0.1, 0.15) is 18.1 Å². The molecule has 0 N–H and O–H groups in total. The van der Waals surface area contributed by atoms with Crippen LogP contribution in [0.4, 0.5) is 0 Å². The normalized spacial score (nSPS) is 10.3. The fraction of sp³-hybridized carbons (Fsp3) is 0.136. The molecule has 0 fully saturated rings. The van der Waals surface area contributed by atoms with Crippen LogP contribution in [0.15, 0.2) is 72.8 Å². The third-order valence-electron chi connectivity index (χ3n) is 3.99. The molecule has 0 aliphatic heterocycles. The average Bonchev–Trinajstić information content (AvgIpc) is 2.67. The van der Waals surface area contributed by atoms with E-state index in [4.69, 9.17) is 9.47 Å². The number of ketones is 1. The Kier molecular flexibility index (Phi) is 5.14. The van der Waals surface area contributed by atoms with Crippen molar-refractivity contribution in [3.05, 3.63) is 95.1 Å². The van der Waals surface area contributed by atoms with Crippen molar-refractivity contribution in [1.82, 2.24) is 0 Å². The van der Waals surface area contributed by atoms with Gasteiger partial charge in [0.05, 0.1) is 7.11 Å². The highest BCUT2D eigenvalue weighted by atomic mass is 16.5. The van der Waals surface area contributed by atoms with Gasteiger partial charge < -0.3 is 9.47 Å². The van der Waals surface area contributed by atoms with Crippen LogP contribution < -0.4 is 9.47 Å². The molecule has 3 rings (SSSR count). The maximum atomic E-state index is 12.5. The summed E-state index contributed by atoms with van der Waals surface area (Å²) in [4.78, 5) is 12.5. The smallest absolute Gasteiger partial charge is 0.193 e. The summed E-state index contributed by atoms with van der Waals surface area (Å²) in [5.74, 6) is 1.45. The first-order chi connectivity index (χ1) is 12.2. The lowest BCUT2D eigenvalue weighted by Crippen LogP contribution is -2.01. The Morgan fingerprint density at radius 3 is 1.80 bits per heavy atom. The van der Waals surface area contributed by atoms with Crippen molar-refractivity contribution in [2.75, 3.05) is 7.11 Å². The van der Waals surface area contributed by atoms with E-state index in [1.165, 1.54) is 5.56 Å². The Labute approximate surface area is 147 Å². The number of aryl methyl sites for hydroxylation is 1. The summed E-state index contributed by atoms with van der Waals surface area (Å²) in [6, 6.07) is 22.6. The molecule has 0 saturated heterocycles. The van der Waals surface area contributed by atoms with E-state index >= 15 is 0 Å². The number of rotatable bonds is 6. The van der Waals surface area contributed by atoms with Crippen molar-refractivity contribution in [3.63, 3.8) is 0 Å². The van der Waals surface area contributed by atoms with Crippen molar-refractivity contribution in [3.8, 4) is 11.5 Å². The highest BCUT2D eigenvalue weighted by Crippen LogP contribution is 2.18. The van der Waals surface area contributed by atoms with Crippen LogP contribution in [-0.4, -0.2) is 12.9 Å². The molecule has 126 valence electrons. The molecule has 0 heterocycles. The average molecular weight is 332 g/mol. The second-order valence-electron chi connectivity index (χ2n) is 5.86. The third-order valence-corrected chi connectivity index (χ3v) is 3.99. The number of carbonyl (C=O) groups is 1. The number of carbonyl (C=O) groups excluding carboxylic acids is 1. The molecule has 0 aliphatic carbocycles. The molecule has 0 atom stereocenters. The summed E-state index contributed by atoms with van der Waals surface area (Å²) >= 11 is 0. The molecule has 0 aromatic heterocycles. The van der Waals surface area contributed by atoms with Gasteiger partial charge in [-0.1, -0.05) is 29.8 Å². The van der Waals surface area contributed by atoms with Crippen molar-refractivity contribution in [2.45, 2.75) is 13.5 Å². The van der Waals surface area contributed by atoms with Crippen LogP contribution in [0.5, 0.6) is 11.5 Å². The predicted octanol–water partition coefficient (Wildman–Crippen LogP) is 4.81. The van der Waals surface area contributed by atoms with E-state index in [0.717, 1.165) is 17.1 Å². The van der Waals surface area contributed by atoms with E-state index < -0.39 is 0 Å². The van der Waals surface area contributed by atoms with Gasteiger partial charge in [-0.25, -0.2) is 0 Å². The molecule has 0 spiro atoms. The van der Waals surface area contributed by atoms with E-state index in [2.05, 4.69) is 31.2 Å². The number of hydrogen-bond donors (Lipinski definition) is 0. The molecule has 0 bridgehead atoms. The van der Waals surface area contributed by atoms with Gasteiger partial charge >= 0.3 is 0 Å². The lowest BCUT2D eigenvalue weighted by atomic mass is 10.0. The highest BCUT2D eigenvalue weighted by Gasteiger charge is 2.09. The van der Waals surface area contributed by atoms with E-state index in [-0.39, 0.29) is 5.78 Å². The molecular formula is C22H20O3. The summed E-state index contributed by atoms with van der Waals surface area (Å²) in [6.45, 7) is 2.56. The SMILES string of the molecule is COc1ccc(C(=O)c2ccc(OCc3ccc(C)cc3)cc2)cc1. The standard InChI is InChI=1S/C22H20O3/c1-16-3-5-17(6-4-16)15-25-21-13-9-19(10-14-21)22(23)18-7-11-20(24-2)12-8-18/h3-14H,15H2,1-2H3. The Morgan fingerprint density at radius 2 is 1.28 bits per heavy atom. The Bertz CT molecular complexity index is 832. The summed E-state index contributed by atoms with van der Waals surface area (Å²) in [5, 5.41) is 0. The van der Waals surface area contributed by atoms with Crippen LogP contribution in [0.1, 0.15) is 27.0 Å². The molecule has 25 heavy (non-hydrogen) atoms. The van der Waals surface area contributed by atoms with Crippen LogP contribution in [0, 0.1) is 6.92 Å². The molecule has 0 amide bonds. The Hall–Kier alpha value is -3.07. The van der Waals surface area contributed by atoms with Crippen LogP contribution in [-0.2, 0) is 6.61 Å². The van der Waals surface area contributed by atoms with Crippen LogP contribution >= 0.6 is 0 Å². The Morgan fingerprint density at radius 1 is 0.760 bits per heavy atom. The van der Waals surface area contributed by atoms with Gasteiger partial charge in [0.25, 0.3) is 0 Å². The van der Waals surface area contributed by atoms with Gasteiger partial charge in [-0.05, 0) is 61.0 Å². The summed E-state index contributed by atoms with van der Waals surface area (Å²) in [6.07, 6.45) is 0. The maximum absolute atomic E-state index is 12.5. The lowest BCUT2D eigenvalue weighted by molar-refractivity contribution is 0.103. The van der Waals surface area contributed by atoms with Crippen LogP contribution in [0.2, 0.25) is 0 Å². The minimum atomic E-state index is -0.0206. The summed E-state index contributed by atoms with van der Waals surface area (Å²) < 4.78 is 10.9. The quantitative estimate of drug-likeness (QED) is 0.608. The molecule has 0 unspecified atom stereocenters. The summed E-state index contributed by atoms with van der Waals surface area (Å²) in [7, 11) is 1.60. The molecule has 0 aliphatic rings. The molecular weight excluding hydrogens is 312 g/mol. The molecule has 3 heteroatoms. The molecule has 0 saturated carbocycles. The second-order valence-corrected chi connectivity index (χ2v) is 5.86. The van der Waals surface area contributed by atoms with Gasteiger partial charge in [0, 0.05) is 11.1 Å². The molecule has 3 aromatic carbocycles. The van der Waals surface area contributed by atoms with Crippen LogP contribution in [0.3, 0.4) is 0 Å². The van der Waals surface area contributed by atoms with Crippen molar-refractivity contribution in [2.24, 2.45) is 0 Å². The van der Waals surface area contributed by atoms with Gasteiger partial charge in [0.2, 0.25) is 0 Å². The zero-order chi connectivity index (χ0) is 17.6. The predicted molar refractivity (Wildman–Crippen MR) is 98.4 cm³/mol. The van der Waals surface area contributed by atoms with E-state index in [0.29, 0.717) is 17.7 Å². The third kappa shape index (κ3) is 4.27. The first-order valence-corrected chi connectivity index (χ1v) is 8.13. The zero-order valence-corrected chi connectivity index (χ0v) is 14.4. The molecule has 0 radical (unpaired) electrons. The van der Waals surface area contributed by atoms with E-state index in [9.17, 15) is 4.79 Å². The first-order valence-electron chi connectivity index (χ1n) is 8.13. The van der Waals surface area contributed by atoms with Crippen LogP contribution in [0.25, 0.3) is 0 Å². The number of hydrogen-bond acceptors (Lipinski definition) is 3. The molecule has 3 aromatic rings. The minimum absolute atomic E-state index is 0.0206. The van der Waals surface area contributed by atoms with Gasteiger partial charge in [0.15, 0.2) is 5.78 Å². The van der Waals surface area contributed by atoms with Gasteiger partial charge in [-0.15, -0.1) is 0 Å². The highest BCUT2D eigenvalue weighted by molar-refractivity contribution is 6.09. The molecule has 3 nitrogen and oxygen atoms in total. The fourth-order valence-corrected chi connectivity index (χ4v) is 2.46. The zero-order valence-electron chi connectivity index (χ0n) is 14.4. The number of ether oxygens (including phenoxy) is 2. The number of methoxy groups -OCH3 is 1. The van der Waals surface area contributed by atoms with Gasteiger partial charge in [-0.2, -0.15) is 0 Å². The van der Waals surface area contributed by atoms with E-state index in [1.54, 1.807) is 43.5 Å². The van der Waals surface area contributed by atoms with Gasteiger partial charge in [-0.3, -0.25) is 4.79 Å². The minimum Gasteiger partial charge on any atom is -0.497 e. The largest absolute Gasteiger partial charge is 0.497 e. The van der Waals surface area contributed by atoms with Crippen molar-refractivity contribution >= 4 is 5.78 Å². The monoisotopic (exact) mass is 332 g/mol. The first kappa shape index (κ1) is 16.8. The number of benzene rings is 3. The fourth-order valence-electron chi connectivity index (χ4n) is 2.46. The maximum Gasteiger partial charge on any atom is 0.193 e. The Balaban J connectivity index is 1.64. The topological polar surface area (TPSA) is 35.5 Å². The van der Waals surface area contributed by atoms with E-state index in [1.807, 2.05) is 12.1 Å². The second kappa shape index (κ2) is 7.67. The lowest BCUT2D eigenvalue weighted by Gasteiger charge is -2.08. The van der Waals surface area contributed by atoms with Crippen molar-refractivity contribution in [1.29, 1.82) is 0 Å². The van der Waals surface area contributed by atoms with Crippen molar-refractivity contribution < 1.29 is 14.3 Å².